The maximum absolute atomic E-state index is 12.2. The van der Waals surface area contributed by atoms with Crippen molar-refractivity contribution < 1.29 is 9.53 Å². The van der Waals surface area contributed by atoms with Gasteiger partial charge < -0.3 is 10.5 Å². The van der Waals surface area contributed by atoms with Crippen molar-refractivity contribution in [2.45, 2.75) is 26.3 Å². The fraction of sp³-hybridized carbons (Fsp3) is 0.333. The number of nitrogens with zero attached hydrogens (tertiary/aromatic N) is 1. The van der Waals surface area contributed by atoms with Crippen LogP contribution in [-0.2, 0) is 15.1 Å². The number of ether oxygens (including phenoxy) is 1. The first-order valence-electron chi connectivity index (χ1n) is 6.62. The van der Waals surface area contributed by atoms with Gasteiger partial charge in [0, 0.05) is 16.6 Å². The molecule has 1 aromatic carbocycles. The van der Waals surface area contributed by atoms with E-state index in [-0.39, 0.29) is 11.5 Å². The fourth-order valence-corrected chi connectivity index (χ4v) is 3.02. The Morgan fingerprint density at radius 3 is 2.76 bits per heavy atom. The van der Waals surface area contributed by atoms with Crippen molar-refractivity contribution in [3.63, 3.8) is 0 Å². The molecule has 112 valence electrons. The van der Waals surface area contributed by atoms with Crippen LogP contribution < -0.4 is 10.6 Å². The van der Waals surface area contributed by atoms with E-state index >= 15 is 0 Å². The van der Waals surface area contributed by atoms with Gasteiger partial charge in [0.05, 0.1) is 12.3 Å². The minimum absolute atomic E-state index is 0.203. The monoisotopic (exact) mass is 306 g/mol. The summed E-state index contributed by atoms with van der Waals surface area (Å²) in [5.41, 5.74) is 6.78. The highest BCUT2D eigenvalue weighted by atomic mass is 32.1. The van der Waals surface area contributed by atoms with Crippen molar-refractivity contribution in [2.24, 2.45) is 0 Å². The van der Waals surface area contributed by atoms with E-state index in [2.05, 4.69) is 0 Å². The number of nitrogen functional groups attached to an aromatic ring is 1. The van der Waals surface area contributed by atoms with Crippen LogP contribution in [0.1, 0.15) is 20.8 Å². The van der Waals surface area contributed by atoms with Gasteiger partial charge in [-0.15, -0.1) is 0 Å². The van der Waals surface area contributed by atoms with Gasteiger partial charge in [-0.05, 0) is 32.9 Å². The normalized spacial score (nSPS) is 11.4. The third-order valence-corrected chi connectivity index (χ3v) is 3.94. The van der Waals surface area contributed by atoms with Crippen molar-refractivity contribution in [1.29, 1.82) is 0 Å². The largest absolute Gasteiger partial charge is 0.464 e. The first kappa shape index (κ1) is 15.3. The van der Waals surface area contributed by atoms with Crippen LogP contribution in [-0.4, -0.2) is 17.1 Å². The molecular weight excluding hydrogens is 288 g/mol. The van der Waals surface area contributed by atoms with Crippen molar-refractivity contribution in [3.05, 3.63) is 39.3 Å². The minimum Gasteiger partial charge on any atom is -0.464 e. The number of nitrogens with two attached hydrogens (primary N) is 1. The second kappa shape index (κ2) is 5.73. The molecule has 0 bridgehead atoms. The lowest BCUT2D eigenvalue weighted by atomic mass is 10.0. The van der Waals surface area contributed by atoms with Crippen LogP contribution in [0.2, 0.25) is 0 Å². The van der Waals surface area contributed by atoms with Gasteiger partial charge in [-0.3, -0.25) is 9.36 Å². The number of carbonyl (C=O) groups is 1. The highest BCUT2D eigenvalue weighted by Crippen LogP contribution is 2.28. The Balaban J connectivity index is 2.58. The molecule has 2 N–H and O–H groups in total. The van der Waals surface area contributed by atoms with Crippen LogP contribution in [0.25, 0.3) is 11.3 Å². The van der Waals surface area contributed by atoms with Gasteiger partial charge in [-0.25, -0.2) is 4.79 Å². The summed E-state index contributed by atoms with van der Waals surface area (Å²) in [6.45, 7) is 5.36. The van der Waals surface area contributed by atoms with Crippen molar-refractivity contribution >= 4 is 23.0 Å². The van der Waals surface area contributed by atoms with E-state index in [0.717, 1.165) is 16.9 Å². The maximum atomic E-state index is 12.2. The highest BCUT2D eigenvalue weighted by Gasteiger charge is 2.35. The third-order valence-electron chi connectivity index (χ3n) is 3.21. The number of carbonyl (C=O) groups excluding carboxylic acids is 1. The Morgan fingerprint density at radius 1 is 1.43 bits per heavy atom. The second-order valence-electron chi connectivity index (χ2n) is 5.13. The lowest BCUT2D eigenvalue weighted by molar-refractivity contribution is -0.152. The molecule has 0 fully saturated rings. The quantitative estimate of drug-likeness (QED) is 0.695. The number of aromatic nitrogens is 1. The molecule has 0 aliphatic carbocycles. The molecule has 0 atom stereocenters. The van der Waals surface area contributed by atoms with E-state index in [0.29, 0.717) is 11.4 Å². The standard InChI is InChI=1S/C15H18N2O3S/c1-4-20-13(18)15(2,3)17-12(9-21-14(17)19)10-6-5-7-11(16)8-10/h5-9H,4,16H2,1-3H3. The molecule has 0 aliphatic rings. The lowest BCUT2D eigenvalue weighted by Crippen LogP contribution is -2.42. The highest BCUT2D eigenvalue weighted by molar-refractivity contribution is 7.07. The molecule has 6 heteroatoms. The number of hydrogen-bond donors (Lipinski definition) is 1. The molecule has 0 amide bonds. The number of anilines is 1. The molecule has 1 heterocycles. The summed E-state index contributed by atoms with van der Waals surface area (Å²) in [7, 11) is 0. The average Bonchev–Trinajstić information content (AvgIpc) is 2.81. The zero-order chi connectivity index (χ0) is 15.6. The Bertz CT molecular complexity index is 716. The summed E-state index contributed by atoms with van der Waals surface area (Å²) in [6, 6.07) is 7.22. The Labute approximate surface area is 127 Å². The molecule has 2 rings (SSSR count). The van der Waals surface area contributed by atoms with E-state index in [1.54, 1.807) is 38.3 Å². The molecule has 0 radical (unpaired) electrons. The van der Waals surface area contributed by atoms with Crippen LogP contribution in [0.4, 0.5) is 5.69 Å². The van der Waals surface area contributed by atoms with Crippen LogP contribution in [0, 0.1) is 0 Å². The number of benzene rings is 1. The molecule has 0 aliphatic heterocycles. The van der Waals surface area contributed by atoms with Gasteiger partial charge in [0.2, 0.25) is 0 Å². The smallest absolute Gasteiger partial charge is 0.331 e. The van der Waals surface area contributed by atoms with E-state index < -0.39 is 11.5 Å². The predicted molar refractivity (Wildman–Crippen MR) is 84.4 cm³/mol. The molecule has 2 aromatic rings. The summed E-state index contributed by atoms with van der Waals surface area (Å²) in [5.74, 6) is -0.435. The van der Waals surface area contributed by atoms with Crippen LogP contribution >= 0.6 is 11.3 Å². The van der Waals surface area contributed by atoms with Crippen LogP contribution in [0.3, 0.4) is 0 Å². The molecule has 5 nitrogen and oxygen atoms in total. The number of esters is 1. The van der Waals surface area contributed by atoms with Gasteiger partial charge in [-0.2, -0.15) is 0 Å². The van der Waals surface area contributed by atoms with Gasteiger partial charge in [0.1, 0.15) is 5.54 Å². The second-order valence-corrected chi connectivity index (χ2v) is 5.95. The third kappa shape index (κ3) is 2.85. The molecule has 21 heavy (non-hydrogen) atoms. The number of thiazole rings is 1. The van der Waals surface area contributed by atoms with Crippen LogP contribution in [0.5, 0.6) is 0 Å². The molecule has 0 unspecified atom stereocenters. The number of rotatable bonds is 4. The summed E-state index contributed by atoms with van der Waals surface area (Å²) in [4.78, 5) is 24.2. The lowest BCUT2D eigenvalue weighted by Gasteiger charge is -2.25. The van der Waals surface area contributed by atoms with Crippen molar-refractivity contribution in [1.82, 2.24) is 4.57 Å². The van der Waals surface area contributed by atoms with Gasteiger partial charge >= 0.3 is 10.8 Å². The summed E-state index contributed by atoms with van der Waals surface area (Å²) in [6.07, 6.45) is 0. The van der Waals surface area contributed by atoms with E-state index in [4.69, 9.17) is 10.5 Å². The van der Waals surface area contributed by atoms with E-state index in [1.807, 2.05) is 12.1 Å². The summed E-state index contributed by atoms with van der Waals surface area (Å²) < 4.78 is 6.54. The first-order chi connectivity index (χ1) is 9.87. The molecule has 1 aromatic heterocycles. The summed E-state index contributed by atoms with van der Waals surface area (Å²) >= 11 is 1.05. The first-order valence-corrected chi connectivity index (χ1v) is 7.50. The number of hydrogen-bond acceptors (Lipinski definition) is 5. The summed E-state index contributed by atoms with van der Waals surface area (Å²) in [5, 5.41) is 1.73. The SMILES string of the molecule is CCOC(=O)C(C)(C)n1c(-c2cccc(N)c2)csc1=O. The minimum atomic E-state index is -1.08. The fourth-order valence-electron chi connectivity index (χ4n) is 2.13. The average molecular weight is 306 g/mol. The molecule has 0 saturated heterocycles. The van der Waals surface area contributed by atoms with Crippen LogP contribution in [0.15, 0.2) is 34.4 Å². The Kier molecular flexibility index (Phi) is 4.18. The predicted octanol–water partition coefficient (Wildman–Crippen LogP) is 2.46. The van der Waals surface area contributed by atoms with Gasteiger partial charge in [0.25, 0.3) is 0 Å². The molecule has 0 spiro atoms. The molecular formula is C15H18N2O3S. The van der Waals surface area contributed by atoms with Gasteiger partial charge in [-0.1, -0.05) is 23.5 Å². The molecule has 0 saturated carbocycles. The topological polar surface area (TPSA) is 74.3 Å². The Morgan fingerprint density at radius 2 is 2.14 bits per heavy atom. The van der Waals surface area contributed by atoms with Gasteiger partial charge in [0.15, 0.2) is 0 Å². The Hall–Kier alpha value is -2.08. The van der Waals surface area contributed by atoms with Crippen molar-refractivity contribution in [3.8, 4) is 11.3 Å². The zero-order valence-electron chi connectivity index (χ0n) is 12.3. The van der Waals surface area contributed by atoms with Crippen molar-refractivity contribution in [2.75, 3.05) is 12.3 Å². The van der Waals surface area contributed by atoms with E-state index in [9.17, 15) is 9.59 Å². The van der Waals surface area contributed by atoms with E-state index in [1.165, 1.54) is 4.57 Å². The zero-order valence-corrected chi connectivity index (χ0v) is 13.1. The maximum Gasteiger partial charge on any atom is 0.331 e.